The van der Waals surface area contributed by atoms with Crippen LogP contribution in [0.5, 0.6) is 5.75 Å². The van der Waals surface area contributed by atoms with Gasteiger partial charge >= 0.3 is 0 Å². The summed E-state index contributed by atoms with van der Waals surface area (Å²) in [5, 5.41) is 13.1. The standard InChI is InChI=1S/C27H30N2O3/c1-32-26-12-9-22(24(13-18-30)27(26)21-5-3-2-4-6-21)19-25(31)20-7-10-23(11-8-20)29-16-14-28-15-17-29/h2-12,28,30H,13-19H2,1H3. The molecule has 2 N–H and O–H groups in total. The first-order valence-electron chi connectivity index (χ1n) is 11.1. The molecule has 5 nitrogen and oxygen atoms in total. The summed E-state index contributed by atoms with van der Waals surface area (Å²) in [6.07, 6.45) is 0.748. The number of benzene rings is 3. The Labute approximate surface area is 189 Å². The van der Waals surface area contributed by atoms with Crippen LogP contribution in [0.1, 0.15) is 21.5 Å². The van der Waals surface area contributed by atoms with Crippen molar-refractivity contribution in [3.63, 3.8) is 0 Å². The van der Waals surface area contributed by atoms with Gasteiger partial charge in [0.05, 0.1) is 7.11 Å². The smallest absolute Gasteiger partial charge is 0.167 e. The van der Waals surface area contributed by atoms with Gasteiger partial charge in [-0.25, -0.2) is 0 Å². The maximum Gasteiger partial charge on any atom is 0.167 e. The Kier molecular flexibility index (Phi) is 7.20. The number of anilines is 1. The third-order valence-electron chi connectivity index (χ3n) is 6.04. The van der Waals surface area contributed by atoms with Crippen molar-refractivity contribution in [2.75, 3.05) is 44.8 Å². The summed E-state index contributed by atoms with van der Waals surface area (Å²) in [4.78, 5) is 15.5. The van der Waals surface area contributed by atoms with Crippen molar-refractivity contribution in [2.45, 2.75) is 12.8 Å². The zero-order valence-electron chi connectivity index (χ0n) is 18.5. The Morgan fingerprint density at radius 2 is 1.72 bits per heavy atom. The van der Waals surface area contributed by atoms with Crippen molar-refractivity contribution in [2.24, 2.45) is 0 Å². The van der Waals surface area contributed by atoms with Crippen LogP contribution in [0.2, 0.25) is 0 Å². The van der Waals surface area contributed by atoms with Crippen LogP contribution in [0.15, 0.2) is 66.7 Å². The summed E-state index contributed by atoms with van der Waals surface area (Å²) in [5.74, 6) is 0.816. The van der Waals surface area contributed by atoms with Crippen LogP contribution in [0.3, 0.4) is 0 Å². The minimum absolute atomic E-state index is 0.00752. The van der Waals surface area contributed by atoms with Gasteiger partial charge in [-0.1, -0.05) is 36.4 Å². The fourth-order valence-electron chi connectivity index (χ4n) is 4.38. The first kappa shape index (κ1) is 22.1. The first-order chi connectivity index (χ1) is 15.7. The van der Waals surface area contributed by atoms with E-state index in [4.69, 9.17) is 4.74 Å². The van der Waals surface area contributed by atoms with E-state index in [2.05, 4.69) is 10.2 Å². The summed E-state index contributed by atoms with van der Waals surface area (Å²) < 4.78 is 5.63. The predicted octanol–water partition coefficient (Wildman–Crippen LogP) is 3.73. The molecule has 0 radical (unpaired) electrons. The quantitative estimate of drug-likeness (QED) is 0.533. The number of nitrogens with one attached hydrogen (secondary N) is 1. The van der Waals surface area contributed by atoms with Crippen LogP contribution in [0, 0.1) is 0 Å². The minimum Gasteiger partial charge on any atom is -0.496 e. The number of methoxy groups -OCH3 is 1. The van der Waals surface area contributed by atoms with Crippen molar-refractivity contribution in [1.29, 1.82) is 0 Å². The van der Waals surface area contributed by atoms with E-state index in [1.54, 1.807) is 7.11 Å². The molecule has 0 saturated carbocycles. The van der Waals surface area contributed by atoms with Crippen molar-refractivity contribution in [3.05, 3.63) is 83.4 Å². The van der Waals surface area contributed by atoms with Crippen molar-refractivity contribution in [3.8, 4) is 16.9 Å². The third kappa shape index (κ3) is 4.85. The molecule has 1 fully saturated rings. The predicted molar refractivity (Wildman–Crippen MR) is 129 cm³/mol. The summed E-state index contributed by atoms with van der Waals surface area (Å²) in [6, 6.07) is 21.8. The SMILES string of the molecule is COc1ccc(CC(=O)c2ccc(N3CCNCC3)cc2)c(CCO)c1-c1ccccc1. The highest BCUT2D eigenvalue weighted by atomic mass is 16.5. The number of ketones is 1. The number of carbonyl (C=O) groups is 1. The van der Waals surface area contributed by atoms with Crippen LogP contribution < -0.4 is 15.0 Å². The fraction of sp³-hybridized carbons (Fsp3) is 0.296. The van der Waals surface area contributed by atoms with Gasteiger partial charge in [-0.15, -0.1) is 0 Å². The number of piperazine rings is 1. The van der Waals surface area contributed by atoms with Gasteiger partial charge in [-0.05, 0) is 53.4 Å². The maximum atomic E-state index is 13.1. The molecular formula is C27H30N2O3. The van der Waals surface area contributed by atoms with Crippen molar-refractivity contribution >= 4 is 11.5 Å². The fourth-order valence-corrected chi connectivity index (χ4v) is 4.38. The third-order valence-corrected chi connectivity index (χ3v) is 6.04. The Morgan fingerprint density at radius 1 is 1.00 bits per heavy atom. The van der Waals surface area contributed by atoms with E-state index in [0.29, 0.717) is 12.0 Å². The number of ether oxygens (including phenoxy) is 1. The summed E-state index contributed by atoms with van der Waals surface area (Å²) in [7, 11) is 1.65. The summed E-state index contributed by atoms with van der Waals surface area (Å²) in [5.41, 5.74) is 5.71. The minimum atomic E-state index is 0.00752. The van der Waals surface area contributed by atoms with Gasteiger partial charge in [0, 0.05) is 56.0 Å². The number of rotatable bonds is 8. The number of carbonyl (C=O) groups excluding carboxylic acids is 1. The Balaban J connectivity index is 1.61. The Bertz CT molecular complexity index is 1040. The van der Waals surface area contributed by atoms with Gasteiger partial charge in [0.2, 0.25) is 0 Å². The number of aliphatic hydroxyl groups excluding tert-OH is 1. The molecule has 5 heteroatoms. The van der Waals surface area contributed by atoms with Crippen LogP contribution in [0.25, 0.3) is 11.1 Å². The van der Waals surface area contributed by atoms with E-state index in [0.717, 1.165) is 59.9 Å². The number of hydrogen-bond donors (Lipinski definition) is 2. The zero-order valence-corrected chi connectivity index (χ0v) is 18.5. The molecule has 0 atom stereocenters. The second-order valence-corrected chi connectivity index (χ2v) is 8.00. The second-order valence-electron chi connectivity index (χ2n) is 8.00. The summed E-state index contributed by atoms with van der Waals surface area (Å²) in [6.45, 7) is 3.93. The monoisotopic (exact) mass is 430 g/mol. The molecule has 166 valence electrons. The zero-order chi connectivity index (χ0) is 22.3. The highest BCUT2D eigenvalue weighted by Crippen LogP contribution is 2.36. The molecule has 3 aromatic rings. The lowest BCUT2D eigenvalue weighted by molar-refractivity contribution is 0.0992. The van der Waals surface area contributed by atoms with Crippen molar-refractivity contribution < 1.29 is 14.6 Å². The molecule has 3 aromatic carbocycles. The molecule has 0 aliphatic carbocycles. The van der Waals surface area contributed by atoms with Crippen molar-refractivity contribution in [1.82, 2.24) is 5.32 Å². The normalized spacial score (nSPS) is 13.8. The van der Waals surface area contributed by atoms with E-state index in [9.17, 15) is 9.90 Å². The highest BCUT2D eigenvalue weighted by Gasteiger charge is 2.18. The van der Waals surface area contributed by atoms with Crippen LogP contribution in [0.4, 0.5) is 5.69 Å². The number of nitrogens with zero attached hydrogens (tertiary/aromatic N) is 1. The van der Waals surface area contributed by atoms with E-state index in [1.165, 1.54) is 0 Å². The second kappa shape index (κ2) is 10.4. The van der Waals surface area contributed by atoms with Gasteiger partial charge in [0.25, 0.3) is 0 Å². The van der Waals surface area contributed by atoms with Gasteiger partial charge in [-0.3, -0.25) is 4.79 Å². The Morgan fingerprint density at radius 3 is 2.38 bits per heavy atom. The van der Waals surface area contributed by atoms with E-state index < -0.39 is 0 Å². The molecule has 1 aliphatic heterocycles. The molecule has 1 heterocycles. The molecule has 0 unspecified atom stereocenters. The first-order valence-corrected chi connectivity index (χ1v) is 11.1. The maximum absolute atomic E-state index is 13.1. The average Bonchev–Trinajstić information content (AvgIpc) is 2.86. The van der Waals surface area contributed by atoms with Gasteiger partial charge in [-0.2, -0.15) is 0 Å². The van der Waals surface area contributed by atoms with E-state index in [1.807, 2.05) is 66.7 Å². The molecule has 0 bridgehead atoms. The largest absolute Gasteiger partial charge is 0.496 e. The van der Waals surface area contributed by atoms with Gasteiger partial charge < -0.3 is 20.1 Å². The van der Waals surface area contributed by atoms with Crippen LogP contribution >= 0.6 is 0 Å². The topological polar surface area (TPSA) is 61.8 Å². The van der Waals surface area contributed by atoms with E-state index >= 15 is 0 Å². The number of aliphatic hydroxyl groups is 1. The lowest BCUT2D eigenvalue weighted by atomic mass is 9.89. The Hall–Kier alpha value is -3.15. The number of Topliss-reactive ketones (excluding diaryl/α,β-unsaturated/α-hetero) is 1. The average molecular weight is 431 g/mol. The lowest BCUT2D eigenvalue weighted by Crippen LogP contribution is -2.43. The molecule has 1 aliphatic rings. The highest BCUT2D eigenvalue weighted by molar-refractivity contribution is 5.98. The van der Waals surface area contributed by atoms with Gasteiger partial charge in [0.1, 0.15) is 5.75 Å². The molecule has 0 spiro atoms. The molecule has 1 saturated heterocycles. The molecular weight excluding hydrogens is 400 g/mol. The lowest BCUT2D eigenvalue weighted by Gasteiger charge is -2.29. The van der Waals surface area contributed by atoms with Crippen LogP contribution in [-0.4, -0.2) is 50.8 Å². The van der Waals surface area contributed by atoms with Crippen LogP contribution in [-0.2, 0) is 12.8 Å². The molecule has 0 amide bonds. The number of hydrogen-bond acceptors (Lipinski definition) is 5. The van der Waals surface area contributed by atoms with E-state index in [-0.39, 0.29) is 18.8 Å². The summed E-state index contributed by atoms with van der Waals surface area (Å²) >= 11 is 0. The molecule has 32 heavy (non-hydrogen) atoms. The molecule has 0 aromatic heterocycles. The van der Waals surface area contributed by atoms with Gasteiger partial charge in [0.15, 0.2) is 5.78 Å². The molecule has 4 rings (SSSR count).